The van der Waals surface area contributed by atoms with E-state index in [0.29, 0.717) is 18.3 Å². The van der Waals surface area contributed by atoms with Gasteiger partial charge < -0.3 is 10.1 Å². The fraction of sp³-hybridized carbons (Fsp3) is 0.667. The maximum atomic E-state index is 10.9. The zero-order valence-corrected chi connectivity index (χ0v) is 6.89. The molecule has 5 heteroatoms. The topological polar surface area (TPSA) is 50.7 Å². The van der Waals surface area contributed by atoms with E-state index in [0.717, 1.165) is 0 Å². The highest BCUT2D eigenvalue weighted by molar-refractivity contribution is 6.28. The first-order valence-electron chi connectivity index (χ1n) is 3.21. The number of hydrogen-bond donors (Lipinski definition) is 1. The van der Waals surface area contributed by atoms with Gasteiger partial charge in [0.25, 0.3) is 0 Å². The summed E-state index contributed by atoms with van der Waals surface area (Å²) in [7, 11) is 1.35. The van der Waals surface area contributed by atoms with Crippen molar-refractivity contribution in [2.75, 3.05) is 19.5 Å². The van der Waals surface area contributed by atoms with Crippen molar-refractivity contribution in [2.45, 2.75) is 6.04 Å². The lowest BCUT2D eigenvalue weighted by molar-refractivity contribution is -0.142. The number of hydrogen-bond acceptors (Lipinski definition) is 4. The largest absolute Gasteiger partial charge is 0.467 e. The normalized spacial score (nSPS) is 22.4. The number of nitrogens with zero attached hydrogens (tertiary/aromatic N) is 1. The van der Waals surface area contributed by atoms with Crippen LogP contribution in [0.4, 0.5) is 0 Å². The first-order valence-corrected chi connectivity index (χ1v) is 3.75. The van der Waals surface area contributed by atoms with Gasteiger partial charge in [-0.1, -0.05) is 0 Å². The van der Waals surface area contributed by atoms with E-state index in [1.54, 1.807) is 0 Å². The molecule has 0 aromatic rings. The van der Waals surface area contributed by atoms with Crippen molar-refractivity contribution in [1.29, 1.82) is 0 Å². The summed E-state index contributed by atoms with van der Waals surface area (Å²) in [5.74, 6) is 0.670. The van der Waals surface area contributed by atoms with Gasteiger partial charge in [0, 0.05) is 0 Å². The van der Waals surface area contributed by atoms with E-state index >= 15 is 0 Å². The Balaban J connectivity index is 2.41. The second-order valence-electron chi connectivity index (χ2n) is 2.14. The number of halogens is 1. The summed E-state index contributed by atoms with van der Waals surface area (Å²) < 4.78 is 4.51. The lowest BCUT2D eigenvalue weighted by atomic mass is 10.3. The predicted octanol–water partition coefficient (Wildman–Crippen LogP) is -0.232. The summed E-state index contributed by atoms with van der Waals surface area (Å²) in [5.41, 5.74) is 0. The van der Waals surface area contributed by atoms with E-state index in [1.807, 2.05) is 0 Å². The van der Waals surface area contributed by atoms with Gasteiger partial charge >= 0.3 is 5.97 Å². The zero-order chi connectivity index (χ0) is 8.27. The Bertz CT molecular complexity index is 193. The van der Waals surface area contributed by atoms with Crippen molar-refractivity contribution < 1.29 is 9.53 Å². The molecule has 0 saturated heterocycles. The molecule has 4 nitrogen and oxygen atoms in total. The molecule has 1 aliphatic heterocycles. The molecule has 1 atom stereocenters. The summed E-state index contributed by atoms with van der Waals surface area (Å²) in [6, 6.07) is -0.339. The number of rotatable bonds is 2. The number of amidine groups is 1. The van der Waals surface area contributed by atoms with Crippen molar-refractivity contribution in [3.05, 3.63) is 0 Å². The van der Waals surface area contributed by atoms with Gasteiger partial charge in [0.1, 0.15) is 11.9 Å². The first kappa shape index (κ1) is 8.33. The minimum absolute atomic E-state index is 0.297. The monoisotopic (exact) mass is 176 g/mol. The van der Waals surface area contributed by atoms with Gasteiger partial charge in [0.2, 0.25) is 0 Å². The Morgan fingerprint density at radius 3 is 3.18 bits per heavy atom. The van der Waals surface area contributed by atoms with E-state index < -0.39 is 0 Å². The molecule has 0 fully saturated rings. The summed E-state index contributed by atoms with van der Waals surface area (Å²) in [5, 5.41) is 2.83. The molecule has 62 valence electrons. The summed E-state index contributed by atoms with van der Waals surface area (Å²) in [4.78, 5) is 14.9. The number of aliphatic imine (C=N–C) groups is 1. The van der Waals surface area contributed by atoms with Crippen LogP contribution >= 0.6 is 11.6 Å². The van der Waals surface area contributed by atoms with Crippen molar-refractivity contribution in [3.63, 3.8) is 0 Å². The minimum Gasteiger partial charge on any atom is -0.467 e. The van der Waals surface area contributed by atoms with Crippen molar-refractivity contribution in [2.24, 2.45) is 4.99 Å². The molecule has 0 aliphatic carbocycles. The molecular weight excluding hydrogens is 168 g/mol. The van der Waals surface area contributed by atoms with Gasteiger partial charge in [-0.25, -0.2) is 4.79 Å². The first-order chi connectivity index (χ1) is 5.27. The van der Waals surface area contributed by atoms with Crippen molar-refractivity contribution in [3.8, 4) is 0 Å². The molecule has 1 N–H and O–H groups in total. The smallest absolute Gasteiger partial charge is 0.330 e. The third-order valence-electron chi connectivity index (χ3n) is 1.42. The Labute approximate surface area is 69.6 Å². The van der Waals surface area contributed by atoms with E-state index in [2.05, 4.69) is 15.0 Å². The van der Waals surface area contributed by atoms with E-state index in [9.17, 15) is 4.79 Å². The Kier molecular flexibility index (Phi) is 2.70. The number of alkyl halides is 1. The highest BCUT2D eigenvalue weighted by Gasteiger charge is 2.24. The molecular formula is C6H9ClN2O2. The van der Waals surface area contributed by atoms with E-state index in [4.69, 9.17) is 11.6 Å². The molecule has 0 amide bonds. The third-order valence-corrected chi connectivity index (χ3v) is 1.67. The highest BCUT2D eigenvalue weighted by Crippen LogP contribution is 1.98. The molecule has 11 heavy (non-hydrogen) atoms. The second-order valence-corrected chi connectivity index (χ2v) is 2.41. The second kappa shape index (κ2) is 3.57. The quantitative estimate of drug-likeness (QED) is 0.467. The minimum atomic E-state index is -0.339. The zero-order valence-electron chi connectivity index (χ0n) is 6.13. The standard InChI is InChI=1S/C6H9ClN2O2/c1-11-6(10)4-3-8-5(2-7)9-4/h4H,2-3H2,1H3,(H,8,9). The molecule has 0 spiro atoms. The number of methoxy groups -OCH3 is 1. The van der Waals surface area contributed by atoms with Gasteiger partial charge in [0.15, 0.2) is 0 Å². The van der Waals surface area contributed by atoms with Gasteiger partial charge in [-0.2, -0.15) is 0 Å². The molecule has 0 radical (unpaired) electrons. The van der Waals surface area contributed by atoms with Crippen LogP contribution in [0.15, 0.2) is 4.99 Å². The van der Waals surface area contributed by atoms with Crippen LogP contribution in [0.3, 0.4) is 0 Å². The molecule has 0 aromatic heterocycles. The van der Waals surface area contributed by atoms with Gasteiger partial charge in [0.05, 0.1) is 19.5 Å². The van der Waals surface area contributed by atoms with Crippen LogP contribution in [-0.2, 0) is 9.53 Å². The maximum absolute atomic E-state index is 10.9. The molecule has 1 rings (SSSR count). The van der Waals surface area contributed by atoms with Crippen molar-refractivity contribution in [1.82, 2.24) is 5.32 Å². The third kappa shape index (κ3) is 1.83. The average molecular weight is 177 g/mol. The predicted molar refractivity (Wildman–Crippen MR) is 42.0 cm³/mol. The number of esters is 1. The number of carbonyl (C=O) groups excluding carboxylic acids is 1. The average Bonchev–Trinajstić information content (AvgIpc) is 2.50. The van der Waals surface area contributed by atoms with Gasteiger partial charge in [-0.15, -0.1) is 11.6 Å². The molecule has 0 bridgehead atoms. The van der Waals surface area contributed by atoms with Crippen LogP contribution in [0, 0.1) is 0 Å². The Hall–Kier alpha value is -0.770. The SMILES string of the molecule is COC(=O)C1CN=C(CCl)N1. The Morgan fingerprint density at radius 2 is 2.73 bits per heavy atom. The lowest BCUT2D eigenvalue weighted by Gasteiger charge is -2.07. The molecule has 0 saturated carbocycles. The molecule has 1 unspecified atom stereocenters. The fourth-order valence-electron chi connectivity index (χ4n) is 0.850. The van der Waals surface area contributed by atoms with Crippen LogP contribution in [0.25, 0.3) is 0 Å². The van der Waals surface area contributed by atoms with Crippen LogP contribution in [0.2, 0.25) is 0 Å². The summed E-state index contributed by atoms with van der Waals surface area (Å²) >= 11 is 5.48. The van der Waals surface area contributed by atoms with Crippen molar-refractivity contribution >= 4 is 23.4 Å². The van der Waals surface area contributed by atoms with Gasteiger partial charge in [-0.3, -0.25) is 4.99 Å². The highest BCUT2D eigenvalue weighted by atomic mass is 35.5. The number of ether oxygens (including phenoxy) is 1. The molecule has 1 heterocycles. The van der Waals surface area contributed by atoms with Gasteiger partial charge in [-0.05, 0) is 0 Å². The van der Waals surface area contributed by atoms with Crippen LogP contribution in [-0.4, -0.2) is 37.4 Å². The summed E-state index contributed by atoms with van der Waals surface area (Å²) in [6.45, 7) is 0.425. The maximum Gasteiger partial charge on any atom is 0.330 e. The number of nitrogens with one attached hydrogen (secondary N) is 1. The lowest BCUT2D eigenvalue weighted by Crippen LogP contribution is -2.38. The van der Waals surface area contributed by atoms with Crippen LogP contribution in [0.1, 0.15) is 0 Å². The molecule has 1 aliphatic rings. The fourth-order valence-corrected chi connectivity index (χ4v) is 1.01. The van der Waals surface area contributed by atoms with Crippen LogP contribution in [0.5, 0.6) is 0 Å². The number of carbonyl (C=O) groups is 1. The van der Waals surface area contributed by atoms with Crippen LogP contribution < -0.4 is 5.32 Å². The molecule has 0 aromatic carbocycles. The van der Waals surface area contributed by atoms with E-state index in [1.165, 1.54) is 7.11 Å². The van der Waals surface area contributed by atoms with E-state index in [-0.39, 0.29) is 12.0 Å². The summed E-state index contributed by atoms with van der Waals surface area (Å²) in [6.07, 6.45) is 0. The Morgan fingerprint density at radius 1 is 2.00 bits per heavy atom.